The number of nitrogen functional groups attached to an aromatic ring is 1. The molecule has 0 spiro atoms. The maximum atomic E-state index is 10.7. The van der Waals surface area contributed by atoms with Crippen molar-refractivity contribution in [3.05, 3.63) is 29.8 Å². The van der Waals surface area contributed by atoms with E-state index in [1.165, 1.54) is 11.8 Å². The van der Waals surface area contributed by atoms with E-state index in [4.69, 9.17) is 10.5 Å². The minimum atomic E-state index is 0.124. The summed E-state index contributed by atoms with van der Waals surface area (Å²) in [4.78, 5) is 10.7. The summed E-state index contributed by atoms with van der Waals surface area (Å²) >= 11 is 1.28. The SMILES string of the molecule is COc1ccc(C=CCSC(C)=O)cc1N. The minimum absolute atomic E-state index is 0.124. The van der Waals surface area contributed by atoms with Gasteiger partial charge in [0.15, 0.2) is 5.12 Å². The van der Waals surface area contributed by atoms with Gasteiger partial charge in [-0.1, -0.05) is 30.0 Å². The summed E-state index contributed by atoms with van der Waals surface area (Å²) in [5.74, 6) is 1.36. The van der Waals surface area contributed by atoms with Crippen molar-refractivity contribution in [3.63, 3.8) is 0 Å². The number of hydrogen-bond acceptors (Lipinski definition) is 4. The molecule has 0 aliphatic carbocycles. The van der Waals surface area contributed by atoms with Gasteiger partial charge in [-0.05, 0) is 17.7 Å². The lowest BCUT2D eigenvalue weighted by Crippen LogP contribution is -1.92. The van der Waals surface area contributed by atoms with Crippen molar-refractivity contribution >= 4 is 28.6 Å². The normalized spacial score (nSPS) is 10.6. The zero-order valence-electron chi connectivity index (χ0n) is 9.40. The van der Waals surface area contributed by atoms with Crippen LogP contribution in [0.25, 0.3) is 6.08 Å². The summed E-state index contributed by atoms with van der Waals surface area (Å²) in [6.45, 7) is 1.56. The number of ether oxygens (including phenoxy) is 1. The largest absolute Gasteiger partial charge is 0.495 e. The van der Waals surface area contributed by atoms with E-state index in [2.05, 4.69) is 0 Å². The highest BCUT2D eigenvalue weighted by Crippen LogP contribution is 2.22. The average molecular weight is 237 g/mol. The Hall–Kier alpha value is -1.42. The third kappa shape index (κ3) is 3.98. The Bertz CT molecular complexity index is 402. The number of nitrogens with two attached hydrogens (primary N) is 1. The lowest BCUT2D eigenvalue weighted by Gasteiger charge is -2.04. The highest BCUT2D eigenvalue weighted by Gasteiger charge is 1.98. The van der Waals surface area contributed by atoms with Crippen molar-refractivity contribution in [1.29, 1.82) is 0 Å². The first-order chi connectivity index (χ1) is 7.63. The smallest absolute Gasteiger partial charge is 0.186 e. The summed E-state index contributed by atoms with van der Waals surface area (Å²) in [6, 6.07) is 5.59. The Balaban J connectivity index is 2.61. The molecule has 0 aliphatic rings. The van der Waals surface area contributed by atoms with Crippen molar-refractivity contribution < 1.29 is 9.53 Å². The standard InChI is InChI=1S/C12H15NO2S/c1-9(14)16-7-3-4-10-5-6-12(15-2)11(13)8-10/h3-6,8H,7,13H2,1-2H3. The molecule has 0 aromatic heterocycles. The van der Waals surface area contributed by atoms with Crippen LogP contribution in [0.15, 0.2) is 24.3 Å². The molecule has 86 valence electrons. The molecule has 3 nitrogen and oxygen atoms in total. The van der Waals surface area contributed by atoms with Gasteiger partial charge in [-0.15, -0.1) is 0 Å². The zero-order chi connectivity index (χ0) is 12.0. The first-order valence-electron chi connectivity index (χ1n) is 4.87. The van der Waals surface area contributed by atoms with Crippen molar-refractivity contribution in [1.82, 2.24) is 0 Å². The molecule has 0 amide bonds. The van der Waals surface area contributed by atoms with E-state index in [9.17, 15) is 4.79 Å². The molecule has 0 saturated carbocycles. The van der Waals surface area contributed by atoms with Gasteiger partial charge in [0.05, 0.1) is 12.8 Å². The molecule has 2 N–H and O–H groups in total. The molecule has 0 fully saturated rings. The summed E-state index contributed by atoms with van der Waals surface area (Å²) in [6.07, 6.45) is 3.87. The van der Waals surface area contributed by atoms with Gasteiger partial charge in [0.25, 0.3) is 0 Å². The number of carbonyl (C=O) groups excluding carboxylic acids is 1. The van der Waals surface area contributed by atoms with E-state index in [1.807, 2.05) is 30.4 Å². The maximum Gasteiger partial charge on any atom is 0.186 e. The molecule has 0 unspecified atom stereocenters. The fourth-order valence-corrected chi connectivity index (χ4v) is 1.63. The summed E-state index contributed by atoms with van der Waals surface area (Å²) < 4.78 is 5.06. The molecular formula is C12H15NO2S. The third-order valence-corrected chi connectivity index (χ3v) is 2.71. The van der Waals surface area contributed by atoms with Crippen LogP contribution in [0.2, 0.25) is 0 Å². The van der Waals surface area contributed by atoms with Gasteiger partial charge in [0.2, 0.25) is 0 Å². The lowest BCUT2D eigenvalue weighted by atomic mass is 10.2. The molecule has 0 heterocycles. The van der Waals surface area contributed by atoms with Gasteiger partial charge >= 0.3 is 0 Å². The number of rotatable bonds is 4. The van der Waals surface area contributed by atoms with E-state index in [0.717, 1.165) is 5.56 Å². The van der Waals surface area contributed by atoms with Crippen molar-refractivity contribution in [2.75, 3.05) is 18.6 Å². The first-order valence-corrected chi connectivity index (χ1v) is 5.85. The Morgan fingerprint density at radius 2 is 2.31 bits per heavy atom. The molecule has 0 atom stereocenters. The lowest BCUT2D eigenvalue weighted by molar-refractivity contribution is -0.109. The average Bonchev–Trinajstić information content (AvgIpc) is 2.24. The highest BCUT2D eigenvalue weighted by atomic mass is 32.2. The molecule has 0 bridgehead atoms. The van der Waals surface area contributed by atoms with Crippen LogP contribution in [-0.2, 0) is 4.79 Å². The van der Waals surface area contributed by atoms with Gasteiger partial charge in [0.1, 0.15) is 5.75 Å². The topological polar surface area (TPSA) is 52.3 Å². The quantitative estimate of drug-likeness (QED) is 0.818. The molecule has 1 rings (SSSR count). The van der Waals surface area contributed by atoms with E-state index in [-0.39, 0.29) is 5.12 Å². The third-order valence-electron chi connectivity index (χ3n) is 1.95. The van der Waals surface area contributed by atoms with Crippen LogP contribution in [0.5, 0.6) is 5.75 Å². The van der Waals surface area contributed by atoms with Crippen LogP contribution in [-0.4, -0.2) is 18.0 Å². The van der Waals surface area contributed by atoms with E-state index in [1.54, 1.807) is 14.0 Å². The van der Waals surface area contributed by atoms with Crippen molar-refractivity contribution in [2.24, 2.45) is 0 Å². The molecule has 0 aliphatic heterocycles. The molecule has 4 heteroatoms. The predicted molar refractivity (Wildman–Crippen MR) is 69.6 cm³/mol. The van der Waals surface area contributed by atoms with Crippen molar-refractivity contribution in [2.45, 2.75) is 6.92 Å². The zero-order valence-corrected chi connectivity index (χ0v) is 10.2. The highest BCUT2D eigenvalue weighted by molar-refractivity contribution is 8.13. The van der Waals surface area contributed by atoms with Gasteiger partial charge < -0.3 is 10.5 Å². The van der Waals surface area contributed by atoms with Crippen LogP contribution in [0.1, 0.15) is 12.5 Å². The molecule has 1 aromatic carbocycles. The van der Waals surface area contributed by atoms with Crippen LogP contribution in [0, 0.1) is 0 Å². The van der Waals surface area contributed by atoms with Gasteiger partial charge in [-0.3, -0.25) is 4.79 Å². The van der Waals surface area contributed by atoms with Gasteiger partial charge in [-0.25, -0.2) is 0 Å². The number of thioether (sulfide) groups is 1. The minimum Gasteiger partial charge on any atom is -0.495 e. The van der Waals surface area contributed by atoms with E-state index >= 15 is 0 Å². The second-order valence-corrected chi connectivity index (χ2v) is 4.40. The first kappa shape index (κ1) is 12.6. The van der Waals surface area contributed by atoms with E-state index in [0.29, 0.717) is 17.2 Å². The number of benzene rings is 1. The summed E-state index contributed by atoms with van der Waals surface area (Å²) in [5.41, 5.74) is 7.38. The van der Waals surface area contributed by atoms with Crippen LogP contribution in [0.4, 0.5) is 5.69 Å². The Labute approximate surface area is 99.7 Å². The van der Waals surface area contributed by atoms with Crippen LogP contribution >= 0.6 is 11.8 Å². The van der Waals surface area contributed by atoms with Crippen LogP contribution < -0.4 is 10.5 Å². The summed E-state index contributed by atoms with van der Waals surface area (Å²) in [5, 5.41) is 0.124. The number of methoxy groups -OCH3 is 1. The predicted octanol–water partition coefficient (Wildman–Crippen LogP) is 2.57. The van der Waals surface area contributed by atoms with Gasteiger partial charge in [0, 0.05) is 12.7 Å². The Kier molecular flexibility index (Phi) is 4.92. The Morgan fingerprint density at radius 3 is 2.88 bits per heavy atom. The molecular weight excluding hydrogens is 222 g/mol. The van der Waals surface area contributed by atoms with Gasteiger partial charge in [-0.2, -0.15) is 0 Å². The number of carbonyl (C=O) groups is 1. The molecule has 16 heavy (non-hydrogen) atoms. The fraction of sp³-hybridized carbons (Fsp3) is 0.250. The molecule has 0 radical (unpaired) electrons. The number of hydrogen-bond donors (Lipinski definition) is 1. The summed E-state index contributed by atoms with van der Waals surface area (Å²) in [7, 11) is 1.59. The maximum absolute atomic E-state index is 10.7. The second-order valence-electron chi connectivity index (χ2n) is 3.21. The second kappa shape index (κ2) is 6.23. The monoisotopic (exact) mass is 237 g/mol. The van der Waals surface area contributed by atoms with Crippen molar-refractivity contribution in [3.8, 4) is 5.75 Å². The molecule has 0 saturated heterocycles. The molecule has 1 aromatic rings. The fourth-order valence-electron chi connectivity index (χ4n) is 1.21. The Morgan fingerprint density at radius 1 is 1.56 bits per heavy atom. The number of anilines is 1. The van der Waals surface area contributed by atoms with Crippen LogP contribution in [0.3, 0.4) is 0 Å². The van der Waals surface area contributed by atoms with E-state index < -0.39 is 0 Å².